The molecule has 29 heavy (non-hydrogen) atoms. The number of thioether (sulfide) groups is 1. The van der Waals surface area contributed by atoms with E-state index in [0.717, 1.165) is 37.2 Å². The number of hydrogen-bond donors (Lipinski definition) is 2. The highest BCUT2D eigenvalue weighted by Gasteiger charge is 2.49. The van der Waals surface area contributed by atoms with Gasteiger partial charge in [-0.2, -0.15) is 11.8 Å². The van der Waals surface area contributed by atoms with Crippen LogP contribution in [0.15, 0.2) is 42.5 Å². The summed E-state index contributed by atoms with van der Waals surface area (Å²) in [5.41, 5.74) is 1.02. The fourth-order valence-corrected chi connectivity index (χ4v) is 4.98. The van der Waals surface area contributed by atoms with Crippen LogP contribution in [0.3, 0.4) is 0 Å². The van der Waals surface area contributed by atoms with Crippen LogP contribution in [0.25, 0.3) is 0 Å². The monoisotopic (exact) mass is 417 g/mol. The van der Waals surface area contributed by atoms with E-state index in [-0.39, 0.29) is 23.8 Å². The fourth-order valence-electron chi connectivity index (χ4n) is 4.11. The molecule has 5 nitrogen and oxygen atoms in total. The quantitative estimate of drug-likeness (QED) is 0.425. The van der Waals surface area contributed by atoms with E-state index in [0.29, 0.717) is 19.4 Å². The predicted octanol–water partition coefficient (Wildman–Crippen LogP) is 3.61. The number of aliphatic carboxylic acids is 1. The Labute approximate surface area is 177 Å². The average molecular weight is 418 g/mol. The molecule has 3 rings (SSSR count). The van der Waals surface area contributed by atoms with Gasteiger partial charge in [-0.05, 0) is 43.4 Å². The number of hydrogen-bond acceptors (Lipinski definition) is 4. The molecule has 0 radical (unpaired) electrons. The summed E-state index contributed by atoms with van der Waals surface area (Å²) >= 11 is 1.70. The molecule has 1 aromatic rings. The minimum atomic E-state index is -0.760. The molecular formula is C23H31NO4S. The predicted molar refractivity (Wildman–Crippen MR) is 116 cm³/mol. The number of carboxylic acid groups (broad SMARTS) is 1. The Morgan fingerprint density at radius 2 is 2.03 bits per heavy atom. The van der Waals surface area contributed by atoms with Crippen LogP contribution in [0.5, 0.6) is 0 Å². The number of rotatable bonds is 11. The van der Waals surface area contributed by atoms with Gasteiger partial charge in [0.2, 0.25) is 5.91 Å². The Morgan fingerprint density at radius 1 is 1.28 bits per heavy atom. The van der Waals surface area contributed by atoms with Gasteiger partial charge < -0.3 is 15.1 Å². The molecule has 1 aromatic carbocycles. The molecule has 1 saturated heterocycles. The number of carbonyl (C=O) groups is 2. The van der Waals surface area contributed by atoms with Gasteiger partial charge in [0, 0.05) is 30.6 Å². The maximum absolute atomic E-state index is 12.4. The molecule has 1 aliphatic carbocycles. The molecule has 1 unspecified atom stereocenters. The molecule has 158 valence electrons. The van der Waals surface area contributed by atoms with Crippen molar-refractivity contribution in [1.29, 1.82) is 0 Å². The minimum absolute atomic E-state index is 0.0390. The first-order valence-corrected chi connectivity index (χ1v) is 11.7. The third-order valence-electron chi connectivity index (χ3n) is 5.99. The van der Waals surface area contributed by atoms with E-state index < -0.39 is 12.1 Å². The zero-order valence-electron chi connectivity index (χ0n) is 16.8. The third kappa shape index (κ3) is 5.86. The first-order valence-electron chi connectivity index (χ1n) is 10.5. The highest BCUT2D eigenvalue weighted by Crippen LogP contribution is 2.51. The van der Waals surface area contributed by atoms with Crippen LogP contribution in [-0.4, -0.2) is 57.2 Å². The molecular weight excluding hydrogens is 386 g/mol. The number of piperidine rings is 1. The van der Waals surface area contributed by atoms with Gasteiger partial charge in [0.05, 0.1) is 12.1 Å². The highest BCUT2D eigenvalue weighted by molar-refractivity contribution is 7.99. The van der Waals surface area contributed by atoms with Crippen LogP contribution < -0.4 is 0 Å². The van der Waals surface area contributed by atoms with E-state index in [1.54, 1.807) is 11.8 Å². The average Bonchev–Trinajstić information content (AvgIpc) is 3.52. The standard InChI is InChI=1S/C23H31NO4S/c25-20(23(13-14-23)18-6-2-1-3-7-18)12-11-19-8-4-9-21(26)24(19)15-17-29-16-5-10-22(27)28/h1-3,6-7,11-12,19-20,25H,4-5,8-10,13-17H2,(H,27,28)/b12-11+/t19-,20?/m1/s1. The van der Waals surface area contributed by atoms with Gasteiger partial charge in [0.15, 0.2) is 0 Å². The Balaban J connectivity index is 1.53. The summed E-state index contributed by atoms with van der Waals surface area (Å²) in [5.74, 6) is 1.03. The highest BCUT2D eigenvalue weighted by atomic mass is 32.2. The number of likely N-dealkylation sites (tertiary alicyclic amines) is 1. The lowest BCUT2D eigenvalue weighted by molar-refractivity contribution is -0.137. The van der Waals surface area contributed by atoms with Gasteiger partial charge in [-0.1, -0.05) is 42.5 Å². The van der Waals surface area contributed by atoms with Crippen molar-refractivity contribution < 1.29 is 19.8 Å². The van der Waals surface area contributed by atoms with Gasteiger partial charge in [-0.15, -0.1) is 0 Å². The number of amides is 1. The Morgan fingerprint density at radius 3 is 2.72 bits per heavy atom. The Kier molecular flexibility index (Phi) is 7.78. The fraction of sp³-hybridized carbons (Fsp3) is 0.565. The van der Waals surface area contributed by atoms with Crippen molar-refractivity contribution in [1.82, 2.24) is 4.90 Å². The maximum Gasteiger partial charge on any atom is 0.303 e. The topological polar surface area (TPSA) is 77.8 Å². The Bertz CT molecular complexity index is 717. The van der Waals surface area contributed by atoms with Crippen molar-refractivity contribution in [3.8, 4) is 0 Å². The van der Waals surface area contributed by atoms with E-state index in [2.05, 4.69) is 12.1 Å². The van der Waals surface area contributed by atoms with E-state index in [9.17, 15) is 14.7 Å². The van der Waals surface area contributed by atoms with Crippen LogP contribution in [-0.2, 0) is 15.0 Å². The summed E-state index contributed by atoms with van der Waals surface area (Å²) in [7, 11) is 0. The molecule has 0 aromatic heterocycles. The van der Waals surface area contributed by atoms with Gasteiger partial charge >= 0.3 is 5.97 Å². The van der Waals surface area contributed by atoms with Crippen molar-refractivity contribution >= 4 is 23.6 Å². The maximum atomic E-state index is 12.4. The largest absolute Gasteiger partial charge is 0.481 e. The van der Waals surface area contributed by atoms with E-state index >= 15 is 0 Å². The number of nitrogens with zero attached hydrogens (tertiary/aromatic N) is 1. The summed E-state index contributed by atoms with van der Waals surface area (Å²) in [4.78, 5) is 24.9. The van der Waals surface area contributed by atoms with Gasteiger partial charge in [0.25, 0.3) is 0 Å². The van der Waals surface area contributed by atoms with Gasteiger partial charge in [-0.3, -0.25) is 9.59 Å². The Hall–Kier alpha value is -1.79. The molecule has 0 bridgehead atoms. The van der Waals surface area contributed by atoms with E-state index in [4.69, 9.17) is 5.11 Å². The van der Waals surface area contributed by atoms with Crippen molar-refractivity contribution in [3.63, 3.8) is 0 Å². The first kappa shape index (κ1) is 21.9. The van der Waals surface area contributed by atoms with Crippen molar-refractivity contribution in [2.45, 2.75) is 62.5 Å². The molecule has 2 aliphatic rings. The van der Waals surface area contributed by atoms with Gasteiger partial charge in [-0.25, -0.2) is 0 Å². The normalized spacial score (nSPS) is 22.0. The second-order valence-electron chi connectivity index (χ2n) is 8.01. The molecule has 0 spiro atoms. The smallest absolute Gasteiger partial charge is 0.303 e. The SMILES string of the molecule is O=C(O)CCCSCCN1C(=O)CCC[C@@H]1/C=C/C(O)C1(c2ccccc2)CC1. The molecule has 1 amide bonds. The second kappa shape index (κ2) is 10.3. The van der Waals surface area contributed by atoms with Gasteiger partial charge in [0.1, 0.15) is 0 Å². The van der Waals surface area contributed by atoms with Crippen LogP contribution in [0.4, 0.5) is 0 Å². The molecule has 1 saturated carbocycles. The zero-order valence-corrected chi connectivity index (χ0v) is 17.7. The lowest BCUT2D eigenvalue weighted by Gasteiger charge is -2.34. The molecule has 2 fully saturated rings. The van der Waals surface area contributed by atoms with Crippen LogP contribution in [0, 0.1) is 0 Å². The number of aliphatic hydroxyl groups excluding tert-OH is 1. The number of aliphatic hydroxyl groups is 1. The second-order valence-corrected chi connectivity index (χ2v) is 9.23. The van der Waals surface area contributed by atoms with Crippen molar-refractivity contribution in [2.75, 3.05) is 18.1 Å². The number of carbonyl (C=O) groups excluding carboxylic acids is 1. The van der Waals surface area contributed by atoms with Crippen molar-refractivity contribution in [3.05, 3.63) is 48.0 Å². The summed E-state index contributed by atoms with van der Waals surface area (Å²) in [6.45, 7) is 0.672. The van der Waals surface area contributed by atoms with E-state index in [1.807, 2.05) is 35.3 Å². The molecule has 2 N–H and O–H groups in total. The zero-order chi connectivity index (χ0) is 20.7. The lowest BCUT2D eigenvalue weighted by Crippen LogP contribution is -2.44. The summed E-state index contributed by atoms with van der Waals surface area (Å²) in [6.07, 6.45) is 8.63. The molecule has 1 heterocycles. The van der Waals surface area contributed by atoms with Crippen LogP contribution in [0.1, 0.15) is 50.5 Å². The number of benzene rings is 1. The van der Waals surface area contributed by atoms with Crippen LogP contribution >= 0.6 is 11.8 Å². The van der Waals surface area contributed by atoms with Crippen molar-refractivity contribution in [2.24, 2.45) is 0 Å². The third-order valence-corrected chi connectivity index (χ3v) is 7.03. The summed E-state index contributed by atoms with van der Waals surface area (Å²) in [5, 5.41) is 19.5. The summed E-state index contributed by atoms with van der Waals surface area (Å²) < 4.78 is 0. The van der Waals surface area contributed by atoms with E-state index in [1.165, 1.54) is 5.56 Å². The summed E-state index contributed by atoms with van der Waals surface area (Å²) in [6, 6.07) is 10.2. The molecule has 2 atom stereocenters. The first-order chi connectivity index (χ1) is 14.0. The molecule has 6 heteroatoms. The van der Waals surface area contributed by atoms with Crippen LogP contribution in [0.2, 0.25) is 0 Å². The minimum Gasteiger partial charge on any atom is -0.481 e. The number of carboxylic acids is 1. The lowest BCUT2D eigenvalue weighted by atomic mass is 9.89. The molecule has 1 aliphatic heterocycles.